The summed E-state index contributed by atoms with van der Waals surface area (Å²) in [5.74, 6) is -0.0663. The lowest BCUT2D eigenvalue weighted by atomic mass is 10.0. The number of carbonyl (C=O) groups excluding carboxylic acids is 2. The van der Waals surface area contributed by atoms with Gasteiger partial charge in [-0.2, -0.15) is 0 Å². The van der Waals surface area contributed by atoms with Gasteiger partial charge in [-0.25, -0.2) is 0 Å². The molecular formula is C12H23N3O3. The normalized spacial score (nSPS) is 19.3. The van der Waals surface area contributed by atoms with Crippen molar-refractivity contribution >= 4 is 11.8 Å². The minimum Gasteiger partial charge on any atom is -0.383 e. The first-order valence-corrected chi connectivity index (χ1v) is 6.50. The van der Waals surface area contributed by atoms with Gasteiger partial charge in [-0.3, -0.25) is 9.59 Å². The number of hydrogen-bond acceptors (Lipinski definition) is 4. The Bertz CT molecular complexity index is 265. The van der Waals surface area contributed by atoms with E-state index in [0.29, 0.717) is 26.1 Å². The fourth-order valence-corrected chi connectivity index (χ4v) is 1.88. The van der Waals surface area contributed by atoms with Crippen LogP contribution < -0.4 is 16.0 Å². The minimum atomic E-state index is -0.0877. The minimum absolute atomic E-state index is 0.000563. The molecular weight excluding hydrogens is 234 g/mol. The number of ether oxygens (including phenoxy) is 1. The number of piperidine rings is 1. The second kappa shape index (κ2) is 8.88. The number of carbonyl (C=O) groups is 2. The van der Waals surface area contributed by atoms with Crippen molar-refractivity contribution in [2.75, 3.05) is 33.4 Å². The topological polar surface area (TPSA) is 79.5 Å². The lowest BCUT2D eigenvalue weighted by Gasteiger charge is -2.22. The van der Waals surface area contributed by atoms with Gasteiger partial charge in [0.15, 0.2) is 0 Å². The highest BCUT2D eigenvalue weighted by Crippen LogP contribution is 2.06. The fourth-order valence-electron chi connectivity index (χ4n) is 1.88. The molecule has 104 valence electrons. The van der Waals surface area contributed by atoms with E-state index in [9.17, 15) is 9.59 Å². The Kier molecular flexibility index (Phi) is 7.36. The van der Waals surface area contributed by atoms with Gasteiger partial charge in [0.2, 0.25) is 11.8 Å². The van der Waals surface area contributed by atoms with Crippen molar-refractivity contribution in [2.24, 2.45) is 0 Å². The Hall–Kier alpha value is -1.14. The molecule has 1 rings (SSSR count). The first kappa shape index (κ1) is 14.9. The van der Waals surface area contributed by atoms with Gasteiger partial charge in [-0.05, 0) is 19.4 Å². The molecule has 0 aromatic heterocycles. The third kappa shape index (κ3) is 5.97. The molecule has 0 aromatic rings. The molecule has 1 heterocycles. The molecule has 0 unspecified atom stereocenters. The van der Waals surface area contributed by atoms with E-state index in [1.165, 1.54) is 0 Å². The molecule has 0 aliphatic carbocycles. The van der Waals surface area contributed by atoms with E-state index in [4.69, 9.17) is 4.74 Å². The quantitative estimate of drug-likeness (QED) is 0.532. The average Bonchev–Trinajstić information content (AvgIpc) is 2.40. The van der Waals surface area contributed by atoms with Crippen LogP contribution in [0.3, 0.4) is 0 Å². The summed E-state index contributed by atoms with van der Waals surface area (Å²) in [6, 6.07) is -0.0877. The smallest absolute Gasteiger partial charge is 0.237 e. The van der Waals surface area contributed by atoms with E-state index in [1.54, 1.807) is 7.11 Å². The largest absolute Gasteiger partial charge is 0.383 e. The first-order chi connectivity index (χ1) is 8.74. The zero-order valence-electron chi connectivity index (χ0n) is 11.0. The van der Waals surface area contributed by atoms with Crippen LogP contribution >= 0.6 is 0 Å². The third-order valence-corrected chi connectivity index (χ3v) is 2.91. The highest BCUT2D eigenvalue weighted by Gasteiger charge is 2.19. The predicted molar refractivity (Wildman–Crippen MR) is 68.2 cm³/mol. The number of methoxy groups -OCH3 is 1. The Labute approximate surface area is 108 Å². The number of rotatable bonds is 7. The van der Waals surface area contributed by atoms with Gasteiger partial charge in [0.1, 0.15) is 0 Å². The number of amides is 2. The van der Waals surface area contributed by atoms with Crippen molar-refractivity contribution in [1.82, 2.24) is 16.0 Å². The van der Waals surface area contributed by atoms with Gasteiger partial charge in [0, 0.05) is 26.6 Å². The van der Waals surface area contributed by atoms with Crippen LogP contribution in [-0.4, -0.2) is 51.2 Å². The fraction of sp³-hybridized carbons (Fsp3) is 0.833. The molecule has 2 amide bonds. The summed E-state index contributed by atoms with van der Waals surface area (Å²) in [6.07, 6.45) is 3.41. The molecule has 1 fully saturated rings. The highest BCUT2D eigenvalue weighted by atomic mass is 16.5. The standard InChI is InChI=1S/C12H23N3O3/c1-18-9-8-14-11(16)5-7-15-12(17)10-4-2-3-6-13-10/h10,13H,2-9H2,1H3,(H,14,16)(H,15,17)/t10-/m1/s1. The van der Waals surface area contributed by atoms with Gasteiger partial charge < -0.3 is 20.7 Å². The zero-order chi connectivity index (χ0) is 13.2. The second-order valence-corrected chi connectivity index (χ2v) is 4.39. The summed E-state index contributed by atoms with van der Waals surface area (Å²) in [5, 5.41) is 8.66. The molecule has 1 aliphatic heterocycles. The molecule has 1 aliphatic rings. The van der Waals surface area contributed by atoms with Gasteiger partial charge >= 0.3 is 0 Å². The summed E-state index contributed by atoms with van der Waals surface area (Å²) < 4.78 is 4.82. The van der Waals surface area contributed by atoms with E-state index in [-0.39, 0.29) is 17.9 Å². The number of hydrogen-bond donors (Lipinski definition) is 3. The van der Waals surface area contributed by atoms with Crippen LogP contribution in [0.15, 0.2) is 0 Å². The average molecular weight is 257 g/mol. The van der Waals surface area contributed by atoms with Crippen LogP contribution in [-0.2, 0) is 14.3 Å². The van der Waals surface area contributed by atoms with E-state index < -0.39 is 0 Å². The van der Waals surface area contributed by atoms with Crippen LogP contribution in [0.25, 0.3) is 0 Å². The van der Waals surface area contributed by atoms with Crippen LogP contribution in [0, 0.1) is 0 Å². The molecule has 3 N–H and O–H groups in total. The summed E-state index contributed by atoms with van der Waals surface area (Å²) in [6.45, 7) is 2.29. The van der Waals surface area contributed by atoms with Crippen molar-refractivity contribution in [3.8, 4) is 0 Å². The zero-order valence-corrected chi connectivity index (χ0v) is 11.0. The SMILES string of the molecule is COCCNC(=O)CCNC(=O)[C@H]1CCCCN1. The molecule has 0 spiro atoms. The highest BCUT2D eigenvalue weighted by molar-refractivity contribution is 5.82. The van der Waals surface area contributed by atoms with Crippen LogP contribution in [0.1, 0.15) is 25.7 Å². The van der Waals surface area contributed by atoms with Crippen molar-refractivity contribution < 1.29 is 14.3 Å². The van der Waals surface area contributed by atoms with Crippen LogP contribution in [0.4, 0.5) is 0 Å². The van der Waals surface area contributed by atoms with E-state index in [2.05, 4.69) is 16.0 Å². The van der Waals surface area contributed by atoms with E-state index in [0.717, 1.165) is 25.8 Å². The van der Waals surface area contributed by atoms with Crippen molar-refractivity contribution in [3.63, 3.8) is 0 Å². The molecule has 18 heavy (non-hydrogen) atoms. The predicted octanol–water partition coefficient (Wildman–Crippen LogP) is -0.603. The molecule has 1 saturated heterocycles. The van der Waals surface area contributed by atoms with Crippen molar-refractivity contribution in [3.05, 3.63) is 0 Å². The molecule has 6 nitrogen and oxygen atoms in total. The van der Waals surface area contributed by atoms with Gasteiger partial charge in [-0.15, -0.1) is 0 Å². The van der Waals surface area contributed by atoms with Gasteiger partial charge in [0.25, 0.3) is 0 Å². The number of nitrogens with one attached hydrogen (secondary N) is 3. The summed E-state index contributed by atoms with van der Waals surface area (Å²) >= 11 is 0. The monoisotopic (exact) mass is 257 g/mol. The molecule has 0 saturated carbocycles. The Morgan fingerprint density at radius 1 is 1.28 bits per heavy atom. The lowest BCUT2D eigenvalue weighted by Crippen LogP contribution is -2.47. The van der Waals surface area contributed by atoms with Gasteiger partial charge in [0.05, 0.1) is 12.6 Å². The van der Waals surface area contributed by atoms with Crippen molar-refractivity contribution in [2.45, 2.75) is 31.7 Å². The summed E-state index contributed by atoms with van der Waals surface area (Å²) in [5.41, 5.74) is 0. The second-order valence-electron chi connectivity index (χ2n) is 4.39. The van der Waals surface area contributed by atoms with E-state index >= 15 is 0 Å². The van der Waals surface area contributed by atoms with Crippen LogP contribution in [0.5, 0.6) is 0 Å². The molecule has 0 bridgehead atoms. The Morgan fingerprint density at radius 3 is 2.78 bits per heavy atom. The first-order valence-electron chi connectivity index (χ1n) is 6.50. The van der Waals surface area contributed by atoms with Crippen molar-refractivity contribution in [1.29, 1.82) is 0 Å². The van der Waals surface area contributed by atoms with Gasteiger partial charge in [-0.1, -0.05) is 6.42 Å². The molecule has 0 radical (unpaired) electrons. The maximum Gasteiger partial charge on any atom is 0.237 e. The lowest BCUT2D eigenvalue weighted by molar-refractivity contribution is -0.124. The van der Waals surface area contributed by atoms with Crippen LogP contribution in [0.2, 0.25) is 0 Å². The Morgan fingerprint density at radius 2 is 2.11 bits per heavy atom. The molecule has 0 aromatic carbocycles. The molecule has 1 atom stereocenters. The molecule has 6 heteroatoms. The third-order valence-electron chi connectivity index (χ3n) is 2.91. The van der Waals surface area contributed by atoms with E-state index in [1.807, 2.05) is 0 Å². The maximum absolute atomic E-state index is 11.7. The Balaban J connectivity index is 2.05. The summed E-state index contributed by atoms with van der Waals surface area (Å²) in [4.78, 5) is 23.1. The maximum atomic E-state index is 11.7. The summed E-state index contributed by atoms with van der Waals surface area (Å²) in [7, 11) is 1.59.